The van der Waals surface area contributed by atoms with Crippen LogP contribution in [0.4, 0.5) is 0 Å². The van der Waals surface area contributed by atoms with Crippen molar-refractivity contribution in [1.29, 1.82) is 0 Å². The summed E-state index contributed by atoms with van der Waals surface area (Å²) in [5.74, 6) is 4.77. The van der Waals surface area contributed by atoms with E-state index in [4.69, 9.17) is 5.84 Å². The largest absolute Gasteiger partial charge is 0.290 e. The molecule has 5 heteroatoms. The zero-order chi connectivity index (χ0) is 9.14. The Hall–Kier alpha value is 0.110. The van der Waals surface area contributed by atoms with Crippen molar-refractivity contribution in [2.45, 2.75) is 0 Å². The highest BCUT2D eigenvalue weighted by atomic mass is 127. The molecule has 3 nitrogen and oxygen atoms in total. The fraction of sp³-hybridized carbons (Fsp3) is 0. The van der Waals surface area contributed by atoms with Crippen molar-refractivity contribution in [2.75, 3.05) is 0 Å². The normalized spacial score (nSPS) is 9.58. The van der Waals surface area contributed by atoms with Gasteiger partial charge in [0.05, 0.1) is 5.56 Å². The minimum absolute atomic E-state index is 0.252. The fourth-order valence-corrected chi connectivity index (χ4v) is 1.82. The summed E-state index contributed by atoms with van der Waals surface area (Å²) in [6.45, 7) is 0. The van der Waals surface area contributed by atoms with Gasteiger partial charge in [-0.15, -0.1) is 0 Å². The lowest BCUT2D eigenvalue weighted by Gasteiger charge is -2.02. The molecule has 1 aromatic rings. The Balaban J connectivity index is 3.13. The van der Waals surface area contributed by atoms with Gasteiger partial charge in [-0.25, -0.2) is 5.84 Å². The molecule has 0 aliphatic carbocycles. The molecule has 1 rings (SSSR count). The Labute approximate surface area is 97.3 Å². The number of hydrazine groups is 1. The number of benzene rings is 1. The average Bonchev–Trinajstić information content (AvgIpc) is 2.08. The van der Waals surface area contributed by atoms with Crippen molar-refractivity contribution in [2.24, 2.45) is 5.84 Å². The standard InChI is InChI=1S/C7H6I2N2O/c8-4-1-2-6(9)5(3-4)7(12)11-10/h1-3H,10H2,(H,11,12). The lowest BCUT2D eigenvalue weighted by molar-refractivity contribution is 0.0952. The number of hydrogen-bond donors (Lipinski definition) is 2. The third-order valence-corrected chi connectivity index (χ3v) is 2.92. The Kier molecular flexibility index (Phi) is 3.72. The predicted molar refractivity (Wildman–Crippen MR) is 63.5 cm³/mol. The van der Waals surface area contributed by atoms with Crippen molar-refractivity contribution >= 4 is 51.1 Å². The van der Waals surface area contributed by atoms with Gasteiger partial charge in [-0.1, -0.05) is 0 Å². The molecule has 0 fully saturated rings. The summed E-state index contributed by atoms with van der Waals surface area (Å²) >= 11 is 4.24. The van der Waals surface area contributed by atoms with E-state index in [0.717, 1.165) is 7.14 Å². The highest BCUT2D eigenvalue weighted by Crippen LogP contribution is 2.15. The number of rotatable bonds is 1. The molecule has 0 saturated heterocycles. The molecule has 0 bridgehead atoms. The van der Waals surface area contributed by atoms with Crippen molar-refractivity contribution in [3.8, 4) is 0 Å². The molecule has 1 aromatic carbocycles. The molecule has 0 heterocycles. The van der Waals surface area contributed by atoms with Crippen molar-refractivity contribution < 1.29 is 4.79 Å². The summed E-state index contributed by atoms with van der Waals surface area (Å²) in [5.41, 5.74) is 2.72. The lowest BCUT2D eigenvalue weighted by Crippen LogP contribution is -2.30. The van der Waals surface area contributed by atoms with E-state index in [0.29, 0.717) is 5.56 Å². The maximum atomic E-state index is 11.1. The molecule has 0 aliphatic rings. The van der Waals surface area contributed by atoms with Gasteiger partial charge in [0.15, 0.2) is 0 Å². The van der Waals surface area contributed by atoms with Crippen LogP contribution in [0.1, 0.15) is 10.4 Å². The van der Waals surface area contributed by atoms with Crippen molar-refractivity contribution in [3.05, 3.63) is 30.9 Å². The maximum Gasteiger partial charge on any atom is 0.266 e. The summed E-state index contributed by atoms with van der Waals surface area (Å²) in [6.07, 6.45) is 0. The van der Waals surface area contributed by atoms with E-state index in [-0.39, 0.29) is 5.91 Å². The first-order chi connectivity index (χ1) is 5.65. The molecule has 1 amide bonds. The van der Waals surface area contributed by atoms with E-state index in [1.54, 1.807) is 6.07 Å². The van der Waals surface area contributed by atoms with E-state index >= 15 is 0 Å². The van der Waals surface area contributed by atoms with E-state index < -0.39 is 0 Å². The number of nitrogens with two attached hydrogens (primary N) is 1. The summed E-state index contributed by atoms with van der Waals surface area (Å²) < 4.78 is 1.92. The number of nitrogen functional groups attached to an aromatic ring is 1. The van der Waals surface area contributed by atoms with E-state index in [2.05, 4.69) is 50.6 Å². The number of nitrogens with one attached hydrogen (secondary N) is 1. The Morgan fingerprint density at radius 3 is 2.67 bits per heavy atom. The molecular weight excluding hydrogens is 382 g/mol. The highest BCUT2D eigenvalue weighted by molar-refractivity contribution is 14.1. The van der Waals surface area contributed by atoms with E-state index in [9.17, 15) is 4.79 Å². The first kappa shape index (κ1) is 10.2. The number of amides is 1. The van der Waals surface area contributed by atoms with Crippen LogP contribution in [0.15, 0.2) is 18.2 Å². The van der Waals surface area contributed by atoms with Crippen molar-refractivity contribution in [3.63, 3.8) is 0 Å². The van der Waals surface area contributed by atoms with Crippen LogP contribution in [-0.4, -0.2) is 5.91 Å². The van der Waals surface area contributed by atoms with Gasteiger partial charge in [0.1, 0.15) is 0 Å². The van der Waals surface area contributed by atoms with Gasteiger partial charge >= 0.3 is 0 Å². The molecule has 0 spiro atoms. The first-order valence-electron chi connectivity index (χ1n) is 3.11. The smallest absolute Gasteiger partial charge is 0.266 e. The van der Waals surface area contributed by atoms with Crippen LogP contribution >= 0.6 is 45.2 Å². The first-order valence-corrected chi connectivity index (χ1v) is 5.27. The van der Waals surface area contributed by atoms with Crippen molar-refractivity contribution in [1.82, 2.24) is 5.43 Å². The van der Waals surface area contributed by atoms with Gasteiger partial charge < -0.3 is 0 Å². The second kappa shape index (κ2) is 4.38. The fourth-order valence-electron chi connectivity index (χ4n) is 0.749. The summed E-state index contributed by atoms with van der Waals surface area (Å²) in [6, 6.07) is 5.62. The summed E-state index contributed by atoms with van der Waals surface area (Å²) in [5, 5.41) is 0. The van der Waals surface area contributed by atoms with Gasteiger partial charge in [0.2, 0.25) is 0 Å². The Morgan fingerprint density at radius 2 is 2.08 bits per heavy atom. The average molecular weight is 388 g/mol. The molecule has 0 unspecified atom stereocenters. The number of carbonyl (C=O) groups is 1. The van der Waals surface area contributed by atoms with Crippen LogP contribution in [0.2, 0.25) is 0 Å². The van der Waals surface area contributed by atoms with E-state index in [1.807, 2.05) is 12.1 Å². The third-order valence-electron chi connectivity index (χ3n) is 1.30. The topological polar surface area (TPSA) is 55.1 Å². The van der Waals surface area contributed by atoms with Gasteiger partial charge in [-0.2, -0.15) is 0 Å². The van der Waals surface area contributed by atoms with Gasteiger partial charge in [0, 0.05) is 7.14 Å². The van der Waals surface area contributed by atoms with Crippen LogP contribution in [-0.2, 0) is 0 Å². The number of carbonyl (C=O) groups excluding carboxylic acids is 1. The predicted octanol–water partition coefficient (Wildman–Crippen LogP) is 1.50. The highest BCUT2D eigenvalue weighted by Gasteiger charge is 2.07. The second-order valence-electron chi connectivity index (χ2n) is 2.10. The van der Waals surface area contributed by atoms with Crippen LogP contribution < -0.4 is 11.3 Å². The minimum Gasteiger partial charge on any atom is -0.290 e. The summed E-state index contributed by atoms with van der Waals surface area (Å²) in [7, 11) is 0. The monoisotopic (exact) mass is 388 g/mol. The Morgan fingerprint density at radius 1 is 1.42 bits per heavy atom. The molecule has 0 radical (unpaired) electrons. The second-order valence-corrected chi connectivity index (χ2v) is 4.51. The van der Waals surface area contributed by atoms with Gasteiger partial charge in [-0.05, 0) is 63.4 Å². The molecule has 0 aliphatic heterocycles. The van der Waals surface area contributed by atoms with E-state index in [1.165, 1.54) is 0 Å². The molecule has 0 aromatic heterocycles. The summed E-state index contributed by atoms with van der Waals surface area (Å²) in [4.78, 5) is 11.1. The van der Waals surface area contributed by atoms with Crippen LogP contribution in [0.3, 0.4) is 0 Å². The number of halogens is 2. The maximum absolute atomic E-state index is 11.1. The molecule has 3 N–H and O–H groups in total. The Bertz CT molecular complexity index is 314. The molecule has 0 atom stereocenters. The lowest BCUT2D eigenvalue weighted by atomic mass is 10.2. The minimum atomic E-state index is -0.252. The zero-order valence-electron chi connectivity index (χ0n) is 5.97. The SMILES string of the molecule is NNC(=O)c1cc(I)ccc1I. The van der Waals surface area contributed by atoms with Gasteiger partial charge in [-0.3, -0.25) is 10.2 Å². The van der Waals surface area contributed by atoms with Crippen LogP contribution in [0, 0.1) is 7.14 Å². The third kappa shape index (κ3) is 2.30. The van der Waals surface area contributed by atoms with Crippen LogP contribution in [0.25, 0.3) is 0 Å². The molecule has 12 heavy (non-hydrogen) atoms. The number of hydrogen-bond acceptors (Lipinski definition) is 2. The zero-order valence-corrected chi connectivity index (χ0v) is 10.3. The quantitative estimate of drug-likeness (QED) is 0.332. The molecular formula is C7H6I2N2O. The van der Waals surface area contributed by atoms with Crippen LogP contribution in [0.5, 0.6) is 0 Å². The molecule has 0 saturated carbocycles. The molecule has 64 valence electrons. The van der Waals surface area contributed by atoms with Gasteiger partial charge in [0.25, 0.3) is 5.91 Å².